The highest BCUT2D eigenvalue weighted by atomic mass is 16.5. The quantitative estimate of drug-likeness (QED) is 0.864. The molecular formula is C20H23N3O4. The normalized spacial score (nSPS) is 15.8. The van der Waals surface area contributed by atoms with Gasteiger partial charge in [0.25, 0.3) is 0 Å². The van der Waals surface area contributed by atoms with E-state index in [0.717, 1.165) is 11.3 Å². The van der Waals surface area contributed by atoms with Crippen LogP contribution in [0.25, 0.3) is 0 Å². The monoisotopic (exact) mass is 369 g/mol. The Balaban J connectivity index is 1.73. The van der Waals surface area contributed by atoms with Crippen LogP contribution < -0.4 is 25.0 Å². The van der Waals surface area contributed by atoms with Crippen molar-refractivity contribution in [3.05, 3.63) is 42.0 Å². The van der Waals surface area contributed by atoms with E-state index in [-0.39, 0.29) is 17.9 Å². The molecular weight excluding hydrogens is 346 g/mol. The Kier molecular flexibility index (Phi) is 5.21. The first-order valence-corrected chi connectivity index (χ1v) is 8.63. The fourth-order valence-electron chi connectivity index (χ4n) is 3.20. The summed E-state index contributed by atoms with van der Waals surface area (Å²) in [5.74, 6) is 1.16. The van der Waals surface area contributed by atoms with Gasteiger partial charge in [-0.2, -0.15) is 0 Å². The molecule has 0 aromatic heterocycles. The number of ether oxygens (including phenoxy) is 2. The molecule has 0 saturated carbocycles. The molecule has 2 aromatic rings. The molecule has 1 unspecified atom stereocenters. The molecule has 3 rings (SSSR count). The molecule has 3 amide bonds. The van der Waals surface area contributed by atoms with Crippen LogP contribution in [0.5, 0.6) is 11.5 Å². The van der Waals surface area contributed by atoms with Crippen LogP contribution in [0, 0.1) is 5.92 Å². The molecule has 0 saturated heterocycles. The average Bonchev–Trinajstić information content (AvgIpc) is 2.66. The third-order valence-corrected chi connectivity index (χ3v) is 4.62. The minimum atomic E-state index is -0.389. The molecule has 2 aromatic carbocycles. The van der Waals surface area contributed by atoms with Gasteiger partial charge in [0.2, 0.25) is 5.91 Å². The maximum atomic E-state index is 12.3. The minimum Gasteiger partial charge on any atom is -0.493 e. The molecule has 142 valence electrons. The van der Waals surface area contributed by atoms with E-state index in [1.54, 1.807) is 37.3 Å². The molecule has 1 heterocycles. The summed E-state index contributed by atoms with van der Waals surface area (Å²) in [7, 11) is 4.84. The maximum Gasteiger partial charge on any atom is 0.323 e. The van der Waals surface area contributed by atoms with Gasteiger partial charge in [-0.05, 0) is 36.2 Å². The van der Waals surface area contributed by atoms with Crippen molar-refractivity contribution in [2.24, 2.45) is 5.92 Å². The Morgan fingerprint density at radius 2 is 1.67 bits per heavy atom. The summed E-state index contributed by atoms with van der Waals surface area (Å²) in [6.07, 6.45) is 0.705. The van der Waals surface area contributed by atoms with E-state index in [4.69, 9.17) is 9.47 Å². The van der Waals surface area contributed by atoms with Gasteiger partial charge < -0.3 is 25.0 Å². The van der Waals surface area contributed by atoms with Gasteiger partial charge >= 0.3 is 6.03 Å². The number of methoxy groups -OCH3 is 2. The lowest BCUT2D eigenvalue weighted by atomic mass is 9.93. The number of hydrogen-bond acceptors (Lipinski definition) is 4. The summed E-state index contributed by atoms with van der Waals surface area (Å²) in [6, 6.07) is 10.3. The van der Waals surface area contributed by atoms with Crippen molar-refractivity contribution in [2.75, 3.05) is 36.8 Å². The number of benzene rings is 2. The van der Waals surface area contributed by atoms with Crippen LogP contribution in [0.1, 0.15) is 12.5 Å². The number of nitrogens with one attached hydrogen (secondary N) is 2. The molecule has 0 aliphatic carbocycles. The first-order valence-electron chi connectivity index (χ1n) is 8.63. The van der Waals surface area contributed by atoms with E-state index in [1.165, 1.54) is 7.11 Å². The highest BCUT2D eigenvalue weighted by Gasteiger charge is 2.27. The zero-order valence-electron chi connectivity index (χ0n) is 15.8. The number of hydrogen-bond donors (Lipinski definition) is 2. The fraction of sp³-hybridized carbons (Fsp3) is 0.300. The Morgan fingerprint density at radius 3 is 2.33 bits per heavy atom. The van der Waals surface area contributed by atoms with Crippen molar-refractivity contribution in [3.63, 3.8) is 0 Å². The first-order chi connectivity index (χ1) is 12.9. The molecule has 1 aliphatic heterocycles. The van der Waals surface area contributed by atoms with E-state index in [1.807, 2.05) is 25.1 Å². The standard InChI is InChI=1S/C20H23N3O4/c1-12-9-13-5-6-14(10-16(13)23(2)19(12)24)21-20(25)22-15-7-8-17(26-3)18(11-15)27-4/h5-8,10-12H,9H2,1-4H3,(H2,21,22,25). The number of rotatable bonds is 4. The van der Waals surface area contributed by atoms with Crippen LogP contribution in [0.15, 0.2) is 36.4 Å². The van der Waals surface area contributed by atoms with Gasteiger partial charge in [0.05, 0.1) is 14.2 Å². The molecule has 1 atom stereocenters. The van der Waals surface area contributed by atoms with Crippen LogP contribution in [0.3, 0.4) is 0 Å². The summed E-state index contributed by atoms with van der Waals surface area (Å²) in [5.41, 5.74) is 3.10. The van der Waals surface area contributed by atoms with E-state index in [2.05, 4.69) is 10.6 Å². The lowest BCUT2D eigenvalue weighted by Gasteiger charge is -2.30. The Labute approximate surface area is 158 Å². The topological polar surface area (TPSA) is 79.9 Å². The molecule has 27 heavy (non-hydrogen) atoms. The number of urea groups is 1. The van der Waals surface area contributed by atoms with Crippen molar-refractivity contribution in [1.29, 1.82) is 0 Å². The second-order valence-electron chi connectivity index (χ2n) is 6.49. The number of amides is 3. The molecule has 7 nitrogen and oxygen atoms in total. The minimum absolute atomic E-state index is 0.0327. The number of carbonyl (C=O) groups is 2. The molecule has 2 N–H and O–H groups in total. The van der Waals surface area contributed by atoms with Crippen molar-refractivity contribution in [2.45, 2.75) is 13.3 Å². The first kappa shape index (κ1) is 18.6. The smallest absolute Gasteiger partial charge is 0.323 e. The zero-order chi connectivity index (χ0) is 19.6. The highest BCUT2D eigenvalue weighted by molar-refractivity contribution is 6.02. The highest BCUT2D eigenvalue weighted by Crippen LogP contribution is 2.32. The zero-order valence-corrected chi connectivity index (χ0v) is 15.8. The van der Waals surface area contributed by atoms with Crippen molar-refractivity contribution < 1.29 is 19.1 Å². The van der Waals surface area contributed by atoms with Gasteiger partial charge in [-0.25, -0.2) is 4.79 Å². The second kappa shape index (κ2) is 7.57. The van der Waals surface area contributed by atoms with Gasteiger partial charge in [-0.1, -0.05) is 13.0 Å². The van der Waals surface area contributed by atoms with Gasteiger partial charge in [-0.3, -0.25) is 4.79 Å². The predicted octanol–water partition coefficient (Wildman–Crippen LogP) is 3.50. The lowest BCUT2D eigenvalue weighted by molar-refractivity contribution is -0.121. The Bertz CT molecular complexity index is 882. The summed E-state index contributed by atoms with van der Waals surface area (Å²) >= 11 is 0. The van der Waals surface area contributed by atoms with Crippen LogP contribution in [0.2, 0.25) is 0 Å². The number of carbonyl (C=O) groups excluding carboxylic acids is 2. The van der Waals surface area contributed by atoms with E-state index >= 15 is 0 Å². The van der Waals surface area contributed by atoms with Crippen LogP contribution >= 0.6 is 0 Å². The lowest BCUT2D eigenvalue weighted by Crippen LogP contribution is -2.37. The van der Waals surface area contributed by atoms with Gasteiger partial charge in [0, 0.05) is 36.1 Å². The molecule has 0 spiro atoms. The largest absolute Gasteiger partial charge is 0.493 e. The predicted molar refractivity (Wildman–Crippen MR) is 105 cm³/mol. The van der Waals surface area contributed by atoms with E-state index in [9.17, 15) is 9.59 Å². The second-order valence-corrected chi connectivity index (χ2v) is 6.49. The summed E-state index contributed by atoms with van der Waals surface area (Å²) < 4.78 is 10.4. The van der Waals surface area contributed by atoms with Gasteiger partial charge in [0.15, 0.2) is 11.5 Å². The summed E-state index contributed by atoms with van der Waals surface area (Å²) in [4.78, 5) is 26.1. The fourth-order valence-corrected chi connectivity index (χ4v) is 3.20. The molecule has 0 radical (unpaired) electrons. The van der Waals surface area contributed by atoms with Crippen molar-refractivity contribution in [3.8, 4) is 11.5 Å². The summed E-state index contributed by atoms with van der Waals surface area (Å²) in [6.45, 7) is 1.92. The SMILES string of the molecule is COc1ccc(NC(=O)Nc2ccc3c(c2)N(C)C(=O)C(C)C3)cc1OC. The molecule has 1 aliphatic rings. The third-order valence-electron chi connectivity index (χ3n) is 4.62. The van der Waals surface area contributed by atoms with E-state index < -0.39 is 0 Å². The number of nitrogens with zero attached hydrogens (tertiary/aromatic N) is 1. The van der Waals surface area contributed by atoms with Crippen LogP contribution in [-0.4, -0.2) is 33.2 Å². The number of fused-ring (bicyclic) bond motifs is 1. The Morgan fingerprint density at radius 1 is 1.04 bits per heavy atom. The third kappa shape index (κ3) is 3.81. The van der Waals surface area contributed by atoms with Crippen LogP contribution in [0.4, 0.5) is 21.9 Å². The average molecular weight is 369 g/mol. The van der Waals surface area contributed by atoms with Gasteiger partial charge in [0.1, 0.15) is 0 Å². The number of anilines is 3. The molecule has 0 bridgehead atoms. The summed E-state index contributed by atoms with van der Waals surface area (Å²) in [5, 5.41) is 5.55. The van der Waals surface area contributed by atoms with Crippen LogP contribution in [-0.2, 0) is 11.2 Å². The van der Waals surface area contributed by atoms with Crippen molar-refractivity contribution in [1.82, 2.24) is 0 Å². The Hall–Kier alpha value is -3.22. The van der Waals surface area contributed by atoms with Gasteiger partial charge in [-0.15, -0.1) is 0 Å². The maximum absolute atomic E-state index is 12.3. The molecule has 0 fully saturated rings. The van der Waals surface area contributed by atoms with E-state index in [0.29, 0.717) is 29.3 Å². The molecule has 7 heteroatoms. The van der Waals surface area contributed by atoms with Crippen molar-refractivity contribution >= 4 is 29.0 Å².